The smallest absolute Gasteiger partial charge is 0.237 e. The second-order valence-electron chi connectivity index (χ2n) is 6.75. The highest BCUT2D eigenvalue weighted by atomic mass is 16.5. The average molecular weight is 347 g/mol. The van der Waals surface area contributed by atoms with Gasteiger partial charge in [-0.05, 0) is 36.2 Å². The molecule has 0 radical (unpaired) electrons. The molecule has 6 heteroatoms. The summed E-state index contributed by atoms with van der Waals surface area (Å²) in [5.41, 5.74) is 2.41. The lowest BCUT2D eigenvalue weighted by Crippen LogP contribution is -2.50. The normalized spacial score (nSPS) is 18.8. The Morgan fingerprint density at radius 1 is 0.960 bits per heavy atom. The number of nitrogens with zero attached hydrogens (tertiary/aromatic N) is 3. The van der Waals surface area contributed by atoms with Gasteiger partial charge in [0.25, 0.3) is 0 Å². The van der Waals surface area contributed by atoms with Crippen LogP contribution in [0.3, 0.4) is 0 Å². The Labute approximate surface area is 150 Å². The minimum absolute atomic E-state index is 0.227. The summed E-state index contributed by atoms with van der Waals surface area (Å²) in [5, 5.41) is 0. The molecular formula is C19H29N3O3. The van der Waals surface area contributed by atoms with Gasteiger partial charge in [-0.25, -0.2) is 0 Å². The predicted molar refractivity (Wildman–Crippen MR) is 97.2 cm³/mol. The number of methoxy groups -OCH3 is 2. The lowest BCUT2D eigenvalue weighted by atomic mass is 9.98. The van der Waals surface area contributed by atoms with Crippen molar-refractivity contribution >= 4 is 5.91 Å². The number of carbonyl (C=O) groups is 1. The molecule has 2 heterocycles. The number of fused-ring (bicyclic) bond motifs is 1. The van der Waals surface area contributed by atoms with Crippen LogP contribution in [0.2, 0.25) is 0 Å². The lowest BCUT2D eigenvalue weighted by Gasteiger charge is -2.36. The van der Waals surface area contributed by atoms with Gasteiger partial charge >= 0.3 is 0 Å². The fraction of sp³-hybridized carbons (Fsp3) is 0.632. The van der Waals surface area contributed by atoms with E-state index in [2.05, 4.69) is 16.7 Å². The third kappa shape index (κ3) is 4.07. The third-order valence-electron chi connectivity index (χ3n) is 5.34. The topological polar surface area (TPSA) is 45.2 Å². The third-order valence-corrected chi connectivity index (χ3v) is 5.34. The molecule has 0 unspecified atom stereocenters. The molecule has 0 saturated carbocycles. The van der Waals surface area contributed by atoms with Crippen molar-refractivity contribution in [3.63, 3.8) is 0 Å². The van der Waals surface area contributed by atoms with Crippen molar-refractivity contribution in [1.82, 2.24) is 14.7 Å². The van der Waals surface area contributed by atoms with E-state index in [1.54, 1.807) is 14.2 Å². The molecule has 1 saturated heterocycles. The Hall–Kier alpha value is -1.79. The van der Waals surface area contributed by atoms with Crippen molar-refractivity contribution in [1.29, 1.82) is 0 Å². The van der Waals surface area contributed by atoms with Crippen molar-refractivity contribution in [2.45, 2.75) is 19.9 Å². The zero-order valence-corrected chi connectivity index (χ0v) is 15.6. The van der Waals surface area contributed by atoms with Crippen LogP contribution in [0.1, 0.15) is 18.1 Å². The Morgan fingerprint density at radius 3 is 2.16 bits per heavy atom. The molecule has 1 aromatic carbocycles. The summed E-state index contributed by atoms with van der Waals surface area (Å²) in [6, 6.07) is 4.05. The van der Waals surface area contributed by atoms with Crippen molar-refractivity contribution < 1.29 is 14.3 Å². The molecule has 0 aliphatic carbocycles. The molecule has 0 aromatic heterocycles. The summed E-state index contributed by atoms with van der Waals surface area (Å²) in [5.74, 6) is 1.71. The number of rotatable bonds is 5. The Bertz CT molecular complexity index is 612. The molecule has 1 aromatic rings. The van der Waals surface area contributed by atoms with Gasteiger partial charge in [-0.15, -0.1) is 0 Å². The van der Waals surface area contributed by atoms with E-state index in [1.807, 2.05) is 17.0 Å². The van der Waals surface area contributed by atoms with Gasteiger partial charge in [0.15, 0.2) is 11.5 Å². The molecule has 2 aliphatic rings. The van der Waals surface area contributed by atoms with Crippen LogP contribution in [0.4, 0.5) is 0 Å². The molecule has 25 heavy (non-hydrogen) atoms. The van der Waals surface area contributed by atoms with E-state index in [0.29, 0.717) is 13.1 Å². The first-order valence-corrected chi connectivity index (χ1v) is 9.10. The standard InChI is InChI=1S/C19H29N3O3/c1-4-20-7-9-21(10-8-20)14-19(23)22-6-5-15-11-17(24-2)18(25-3)12-16(15)13-22/h11-12H,4-10,13-14H2,1-3H3. The van der Waals surface area contributed by atoms with Crippen LogP contribution >= 0.6 is 0 Å². The second kappa shape index (κ2) is 8.06. The Balaban J connectivity index is 1.61. The predicted octanol–water partition coefficient (Wildman–Crippen LogP) is 1.23. The summed E-state index contributed by atoms with van der Waals surface area (Å²) < 4.78 is 10.8. The van der Waals surface area contributed by atoms with E-state index in [9.17, 15) is 4.79 Å². The van der Waals surface area contributed by atoms with E-state index in [1.165, 1.54) is 5.56 Å². The first-order chi connectivity index (χ1) is 12.1. The Kier molecular flexibility index (Phi) is 5.81. The summed E-state index contributed by atoms with van der Waals surface area (Å²) in [6.45, 7) is 9.32. The average Bonchev–Trinajstić information content (AvgIpc) is 2.66. The summed E-state index contributed by atoms with van der Waals surface area (Å²) in [6.07, 6.45) is 0.866. The SMILES string of the molecule is CCN1CCN(CC(=O)N2CCc3cc(OC)c(OC)cc3C2)CC1. The highest BCUT2D eigenvalue weighted by Gasteiger charge is 2.25. The highest BCUT2D eigenvalue weighted by Crippen LogP contribution is 2.33. The summed E-state index contributed by atoms with van der Waals surface area (Å²) in [4.78, 5) is 19.4. The number of likely N-dealkylation sites (N-methyl/N-ethyl adjacent to an activating group) is 1. The first-order valence-electron chi connectivity index (χ1n) is 9.10. The summed E-state index contributed by atoms with van der Waals surface area (Å²) in [7, 11) is 3.30. The monoisotopic (exact) mass is 347 g/mol. The second-order valence-corrected chi connectivity index (χ2v) is 6.75. The fourth-order valence-corrected chi connectivity index (χ4v) is 3.65. The largest absolute Gasteiger partial charge is 0.493 e. The van der Waals surface area contributed by atoms with E-state index in [-0.39, 0.29) is 5.91 Å². The van der Waals surface area contributed by atoms with Crippen LogP contribution in [-0.4, -0.2) is 80.6 Å². The maximum Gasteiger partial charge on any atom is 0.237 e. The van der Waals surface area contributed by atoms with Gasteiger partial charge in [0, 0.05) is 39.3 Å². The van der Waals surface area contributed by atoms with Crippen LogP contribution in [0.15, 0.2) is 12.1 Å². The van der Waals surface area contributed by atoms with Crippen LogP contribution < -0.4 is 9.47 Å². The van der Waals surface area contributed by atoms with E-state index >= 15 is 0 Å². The molecule has 138 valence electrons. The molecule has 0 spiro atoms. The molecular weight excluding hydrogens is 318 g/mol. The maximum absolute atomic E-state index is 12.7. The van der Waals surface area contributed by atoms with E-state index in [0.717, 1.165) is 62.8 Å². The van der Waals surface area contributed by atoms with Crippen LogP contribution in [0.25, 0.3) is 0 Å². The van der Waals surface area contributed by atoms with E-state index in [4.69, 9.17) is 9.47 Å². The van der Waals surface area contributed by atoms with Gasteiger partial charge in [-0.3, -0.25) is 9.69 Å². The van der Waals surface area contributed by atoms with Gasteiger partial charge in [0.05, 0.1) is 20.8 Å². The van der Waals surface area contributed by atoms with Crippen molar-refractivity contribution in [3.05, 3.63) is 23.3 Å². The minimum Gasteiger partial charge on any atom is -0.493 e. The summed E-state index contributed by atoms with van der Waals surface area (Å²) >= 11 is 0. The van der Waals surface area contributed by atoms with Gasteiger partial charge in [-0.2, -0.15) is 0 Å². The Morgan fingerprint density at radius 2 is 1.56 bits per heavy atom. The lowest BCUT2D eigenvalue weighted by molar-refractivity contribution is -0.133. The van der Waals surface area contributed by atoms with Crippen molar-refractivity contribution in [2.24, 2.45) is 0 Å². The quantitative estimate of drug-likeness (QED) is 0.802. The number of carbonyl (C=O) groups excluding carboxylic acids is 1. The number of hydrogen-bond acceptors (Lipinski definition) is 5. The molecule has 0 N–H and O–H groups in total. The van der Waals surface area contributed by atoms with Crippen LogP contribution in [0.5, 0.6) is 11.5 Å². The highest BCUT2D eigenvalue weighted by molar-refractivity contribution is 5.78. The van der Waals surface area contributed by atoms with Crippen LogP contribution in [0, 0.1) is 0 Å². The van der Waals surface area contributed by atoms with Gasteiger partial charge in [0.2, 0.25) is 5.91 Å². The number of benzene rings is 1. The molecule has 2 aliphatic heterocycles. The maximum atomic E-state index is 12.7. The van der Waals surface area contributed by atoms with Crippen LogP contribution in [-0.2, 0) is 17.8 Å². The minimum atomic E-state index is 0.227. The number of piperazine rings is 1. The van der Waals surface area contributed by atoms with Gasteiger partial charge in [0.1, 0.15) is 0 Å². The first kappa shape index (κ1) is 18.0. The molecule has 0 bridgehead atoms. The molecule has 1 amide bonds. The number of hydrogen-bond donors (Lipinski definition) is 0. The zero-order valence-electron chi connectivity index (χ0n) is 15.6. The van der Waals surface area contributed by atoms with Crippen molar-refractivity contribution in [3.8, 4) is 11.5 Å². The number of amides is 1. The molecule has 6 nitrogen and oxygen atoms in total. The molecule has 0 atom stereocenters. The van der Waals surface area contributed by atoms with Gasteiger partial charge in [-0.1, -0.05) is 6.92 Å². The zero-order chi connectivity index (χ0) is 17.8. The van der Waals surface area contributed by atoms with Crippen molar-refractivity contribution in [2.75, 3.05) is 60.0 Å². The molecule has 1 fully saturated rings. The van der Waals surface area contributed by atoms with E-state index < -0.39 is 0 Å². The molecule has 3 rings (SSSR count). The number of ether oxygens (including phenoxy) is 2. The fourth-order valence-electron chi connectivity index (χ4n) is 3.65. The van der Waals surface area contributed by atoms with Gasteiger partial charge < -0.3 is 19.3 Å².